The molecule has 1 saturated heterocycles. The number of hydrogen-bond donors (Lipinski definition) is 2. The number of ether oxygens (including phenoxy) is 1. The summed E-state index contributed by atoms with van der Waals surface area (Å²) in [6.07, 6.45) is 0. The predicted molar refractivity (Wildman–Crippen MR) is 109 cm³/mol. The molecule has 1 amide bonds. The van der Waals surface area contributed by atoms with E-state index in [0.717, 1.165) is 32.0 Å². The van der Waals surface area contributed by atoms with E-state index in [1.807, 2.05) is 26.2 Å². The topological polar surface area (TPSA) is 46.0 Å². The molecule has 2 N–H and O–H groups in total. The van der Waals surface area contributed by atoms with Crippen LogP contribution in [0.5, 0.6) is 0 Å². The molecule has 3 rings (SSSR count). The van der Waals surface area contributed by atoms with Crippen molar-refractivity contribution in [2.45, 2.75) is 6.04 Å². The van der Waals surface area contributed by atoms with Gasteiger partial charge in [0.1, 0.15) is 19.1 Å². The second kappa shape index (κ2) is 9.22. The first-order valence-corrected chi connectivity index (χ1v) is 9.66. The van der Waals surface area contributed by atoms with E-state index in [4.69, 9.17) is 16.3 Å². The van der Waals surface area contributed by atoms with Crippen LogP contribution in [0.25, 0.3) is 0 Å². The van der Waals surface area contributed by atoms with Crippen molar-refractivity contribution >= 4 is 23.2 Å². The average Bonchev–Trinajstić information content (AvgIpc) is 2.69. The molecule has 0 bridgehead atoms. The van der Waals surface area contributed by atoms with E-state index < -0.39 is 0 Å². The highest BCUT2D eigenvalue weighted by Crippen LogP contribution is 2.18. The zero-order valence-corrected chi connectivity index (χ0v) is 16.6. The summed E-state index contributed by atoms with van der Waals surface area (Å²) in [5.41, 5.74) is 2.89. The van der Waals surface area contributed by atoms with Gasteiger partial charge in [-0.1, -0.05) is 35.9 Å². The molecule has 1 aliphatic heterocycles. The monoisotopic (exact) mass is 388 g/mol. The van der Waals surface area contributed by atoms with E-state index >= 15 is 0 Å². The lowest BCUT2D eigenvalue weighted by molar-refractivity contribution is -0.937. The smallest absolute Gasteiger partial charge is 0.253 e. The molecule has 1 aliphatic rings. The number of hydrogen-bond acceptors (Lipinski definition) is 3. The van der Waals surface area contributed by atoms with Crippen molar-refractivity contribution in [3.8, 4) is 0 Å². The summed E-state index contributed by atoms with van der Waals surface area (Å²) in [6, 6.07) is 15.9. The Labute approximate surface area is 165 Å². The lowest BCUT2D eigenvalue weighted by Crippen LogP contribution is -3.15. The molecular formula is C21H27ClN3O2+. The predicted octanol–water partition coefficient (Wildman–Crippen LogP) is 1.79. The van der Waals surface area contributed by atoms with E-state index in [1.54, 1.807) is 12.1 Å². The molecule has 0 spiro atoms. The van der Waals surface area contributed by atoms with Gasteiger partial charge in [-0.25, -0.2) is 0 Å². The Balaban J connectivity index is 1.75. The van der Waals surface area contributed by atoms with Crippen molar-refractivity contribution in [1.82, 2.24) is 5.32 Å². The lowest BCUT2D eigenvalue weighted by Gasteiger charge is -2.32. The van der Waals surface area contributed by atoms with Gasteiger partial charge in [0, 0.05) is 25.3 Å². The maximum Gasteiger partial charge on any atom is 0.253 e. The molecule has 1 heterocycles. The van der Waals surface area contributed by atoms with Crippen LogP contribution in [0.1, 0.15) is 22.0 Å². The fourth-order valence-electron chi connectivity index (χ4n) is 3.42. The maximum atomic E-state index is 12.6. The Kier molecular flexibility index (Phi) is 6.72. The summed E-state index contributed by atoms with van der Waals surface area (Å²) in [4.78, 5) is 16.1. The lowest BCUT2D eigenvalue weighted by atomic mass is 10.0. The zero-order chi connectivity index (χ0) is 19.2. The molecule has 0 radical (unpaired) electrons. The minimum atomic E-state index is -0.136. The number of carbonyl (C=O) groups excluding carboxylic acids is 1. The van der Waals surface area contributed by atoms with E-state index in [0.29, 0.717) is 17.1 Å². The molecule has 0 aromatic heterocycles. The number of anilines is 1. The standard InChI is InChI=1S/C21H26ClN3O2/c1-24(2)17-9-7-16(8-10-17)20(25-11-13-27-14-12-25)15-23-21(26)18-5-3-4-6-19(18)22/h3-10,20H,11-15H2,1-2H3,(H,23,26)/p+1/t20-/m0/s1. The third kappa shape index (κ3) is 5.01. The summed E-state index contributed by atoms with van der Waals surface area (Å²) in [6.45, 7) is 3.92. The summed E-state index contributed by atoms with van der Waals surface area (Å²) in [5, 5.41) is 3.55. The fraction of sp³-hybridized carbons (Fsp3) is 0.381. The van der Waals surface area contributed by atoms with Gasteiger partial charge >= 0.3 is 0 Å². The third-order valence-corrected chi connectivity index (χ3v) is 5.35. The fourth-order valence-corrected chi connectivity index (χ4v) is 3.64. The maximum absolute atomic E-state index is 12.6. The van der Waals surface area contributed by atoms with Crippen LogP contribution < -0.4 is 15.1 Å². The Morgan fingerprint density at radius 3 is 2.44 bits per heavy atom. The van der Waals surface area contributed by atoms with Gasteiger partial charge in [0.2, 0.25) is 0 Å². The number of benzene rings is 2. The molecule has 1 atom stereocenters. The van der Waals surface area contributed by atoms with E-state index in [9.17, 15) is 4.79 Å². The minimum absolute atomic E-state index is 0.136. The van der Waals surface area contributed by atoms with Gasteiger partial charge in [-0.2, -0.15) is 0 Å². The van der Waals surface area contributed by atoms with Gasteiger partial charge in [-0.15, -0.1) is 0 Å². The number of morpholine rings is 1. The van der Waals surface area contributed by atoms with E-state index in [-0.39, 0.29) is 11.9 Å². The Morgan fingerprint density at radius 1 is 1.15 bits per heavy atom. The number of carbonyl (C=O) groups is 1. The summed E-state index contributed by atoms with van der Waals surface area (Å²) >= 11 is 6.16. The van der Waals surface area contributed by atoms with Crippen LogP contribution in [-0.4, -0.2) is 52.9 Å². The normalized spacial score (nSPS) is 16.0. The van der Waals surface area contributed by atoms with Crippen LogP contribution >= 0.6 is 11.6 Å². The van der Waals surface area contributed by atoms with Crippen molar-refractivity contribution in [3.63, 3.8) is 0 Å². The van der Waals surface area contributed by atoms with Gasteiger partial charge in [-0.3, -0.25) is 4.79 Å². The minimum Gasteiger partial charge on any atom is -0.378 e. The van der Waals surface area contributed by atoms with Gasteiger partial charge in [-0.05, 0) is 24.3 Å². The zero-order valence-electron chi connectivity index (χ0n) is 15.9. The molecule has 5 nitrogen and oxygen atoms in total. The number of nitrogens with zero attached hydrogens (tertiary/aromatic N) is 1. The van der Waals surface area contributed by atoms with Crippen molar-refractivity contribution in [1.29, 1.82) is 0 Å². The summed E-state index contributed by atoms with van der Waals surface area (Å²) in [5.74, 6) is -0.136. The van der Waals surface area contributed by atoms with Crippen LogP contribution in [0.15, 0.2) is 48.5 Å². The molecule has 1 fully saturated rings. The van der Waals surface area contributed by atoms with Crippen LogP contribution in [0.4, 0.5) is 5.69 Å². The molecule has 144 valence electrons. The van der Waals surface area contributed by atoms with Crippen molar-refractivity contribution < 1.29 is 14.4 Å². The second-order valence-electron chi connectivity index (χ2n) is 7.00. The van der Waals surface area contributed by atoms with Gasteiger partial charge in [0.25, 0.3) is 5.91 Å². The highest BCUT2D eigenvalue weighted by molar-refractivity contribution is 6.33. The Hall–Kier alpha value is -2.08. The number of nitrogens with one attached hydrogen (secondary N) is 2. The highest BCUT2D eigenvalue weighted by atomic mass is 35.5. The molecule has 27 heavy (non-hydrogen) atoms. The van der Waals surface area contributed by atoms with Gasteiger partial charge in [0.05, 0.1) is 30.3 Å². The summed E-state index contributed by atoms with van der Waals surface area (Å²) < 4.78 is 5.51. The first kappa shape index (κ1) is 19.7. The van der Waals surface area contributed by atoms with Crippen LogP contribution in [0.2, 0.25) is 5.02 Å². The number of quaternary nitrogens is 1. The van der Waals surface area contributed by atoms with E-state index in [1.165, 1.54) is 10.5 Å². The SMILES string of the molecule is CN(C)c1ccc([C@H](CNC(=O)c2ccccc2Cl)[NH+]2CCOCC2)cc1. The molecule has 2 aromatic rings. The number of halogens is 1. The number of rotatable bonds is 6. The van der Waals surface area contributed by atoms with Crippen molar-refractivity contribution in [2.24, 2.45) is 0 Å². The molecule has 0 aliphatic carbocycles. The molecule has 2 aromatic carbocycles. The van der Waals surface area contributed by atoms with Crippen LogP contribution in [0, 0.1) is 0 Å². The Morgan fingerprint density at radius 2 is 1.81 bits per heavy atom. The van der Waals surface area contributed by atoms with Gasteiger partial charge < -0.3 is 19.9 Å². The quantitative estimate of drug-likeness (QED) is 0.793. The van der Waals surface area contributed by atoms with E-state index in [2.05, 4.69) is 34.5 Å². The molecule has 0 saturated carbocycles. The largest absolute Gasteiger partial charge is 0.378 e. The highest BCUT2D eigenvalue weighted by Gasteiger charge is 2.27. The number of amides is 1. The average molecular weight is 389 g/mol. The van der Waals surface area contributed by atoms with Crippen molar-refractivity contribution in [3.05, 3.63) is 64.7 Å². The van der Waals surface area contributed by atoms with Crippen molar-refractivity contribution in [2.75, 3.05) is 51.8 Å². The van der Waals surface area contributed by atoms with Crippen LogP contribution in [0.3, 0.4) is 0 Å². The second-order valence-corrected chi connectivity index (χ2v) is 7.41. The Bertz CT molecular complexity index is 758. The molecular weight excluding hydrogens is 362 g/mol. The summed E-state index contributed by atoms with van der Waals surface area (Å²) in [7, 11) is 4.06. The molecule has 6 heteroatoms. The third-order valence-electron chi connectivity index (χ3n) is 5.02. The van der Waals surface area contributed by atoms with Crippen LogP contribution in [-0.2, 0) is 4.74 Å². The van der Waals surface area contributed by atoms with Gasteiger partial charge in [0.15, 0.2) is 0 Å². The first-order chi connectivity index (χ1) is 13.1. The molecule has 0 unspecified atom stereocenters. The first-order valence-electron chi connectivity index (χ1n) is 9.28.